The summed E-state index contributed by atoms with van der Waals surface area (Å²) < 4.78 is 4.66. The molecule has 0 aliphatic rings. The van der Waals surface area contributed by atoms with Crippen molar-refractivity contribution in [2.24, 2.45) is 11.7 Å². The van der Waals surface area contributed by atoms with Crippen LogP contribution in [-0.2, 0) is 9.53 Å². The maximum atomic E-state index is 12.0. The smallest absolute Gasteiger partial charge is 0.340 e. The summed E-state index contributed by atoms with van der Waals surface area (Å²) in [7, 11) is 1.26. The largest absolute Gasteiger partial charge is 0.465 e. The van der Waals surface area contributed by atoms with Crippen molar-refractivity contribution in [1.82, 2.24) is 0 Å². The number of anilines is 1. The monoisotopic (exact) mass is 298 g/mol. The van der Waals surface area contributed by atoms with E-state index in [0.717, 1.165) is 0 Å². The minimum atomic E-state index is -0.629. The van der Waals surface area contributed by atoms with Crippen LogP contribution >= 0.6 is 11.6 Å². The Bertz CT molecular complexity index is 503. The SMILES string of the molecule is COC(=O)c1cc(Cl)ccc1NC(=O)C(N)CC(C)C. The van der Waals surface area contributed by atoms with Gasteiger partial charge < -0.3 is 15.8 Å². The van der Waals surface area contributed by atoms with Crippen molar-refractivity contribution in [3.05, 3.63) is 28.8 Å². The summed E-state index contributed by atoms with van der Waals surface area (Å²) in [5, 5.41) is 3.02. The Balaban J connectivity index is 2.92. The maximum absolute atomic E-state index is 12.0. The molecular weight excluding hydrogens is 280 g/mol. The van der Waals surface area contributed by atoms with E-state index >= 15 is 0 Å². The lowest BCUT2D eigenvalue weighted by atomic mass is 10.0. The van der Waals surface area contributed by atoms with Crippen LogP contribution in [0.4, 0.5) is 5.69 Å². The molecule has 0 aromatic heterocycles. The lowest BCUT2D eigenvalue weighted by Crippen LogP contribution is -2.37. The molecule has 0 spiro atoms. The highest BCUT2D eigenvalue weighted by molar-refractivity contribution is 6.31. The van der Waals surface area contributed by atoms with Gasteiger partial charge in [-0.1, -0.05) is 25.4 Å². The number of rotatable bonds is 5. The predicted molar refractivity (Wildman–Crippen MR) is 78.9 cm³/mol. The topological polar surface area (TPSA) is 81.4 Å². The van der Waals surface area contributed by atoms with Crippen molar-refractivity contribution in [3.63, 3.8) is 0 Å². The first-order chi connectivity index (χ1) is 9.35. The van der Waals surface area contributed by atoms with Crippen molar-refractivity contribution < 1.29 is 14.3 Å². The van der Waals surface area contributed by atoms with E-state index < -0.39 is 12.0 Å². The average Bonchev–Trinajstić information content (AvgIpc) is 2.38. The van der Waals surface area contributed by atoms with E-state index in [4.69, 9.17) is 17.3 Å². The number of ether oxygens (including phenoxy) is 1. The third-order valence-corrected chi connectivity index (χ3v) is 2.94. The lowest BCUT2D eigenvalue weighted by Gasteiger charge is -2.15. The molecule has 110 valence electrons. The normalized spacial score (nSPS) is 12.1. The fourth-order valence-corrected chi connectivity index (χ4v) is 1.92. The van der Waals surface area contributed by atoms with E-state index in [1.165, 1.54) is 13.2 Å². The zero-order chi connectivity index (χ0) is 15.3. The quantitative estimate of drug-likeness (QED) is 0.818. The highest BCUT2D eigenvalue weighted by atomic mass is 35.5. The number of carbonyl (C=O) groups is 2. The molecule has 1 amide bonds. The molecule has 3 N–H and O–H groups in total. The van der Waals surface area contributed by atoms with E-state index in [9.17, 15) is 9.59 Å². The van der Waals surface area contributed by atoms with E-state index in [1.807, 2.05) is 13.8 Å². The van der Waals surface area contributed by atoms with Gasteiger partial charge in [-0.15, -0.1) is 0 Å². The van der Waals surface area contributed by atoms with Gasteiger partial charge in [-0.05, 0) is 30.5 Å². The first-order valence-electron chi connectivity index (χ1n) is 6.29. The van der Waals surface area contributed by atoms with Gasteiger partial charge in [0.15, 0.2) is 0 Å². The Labute approximate surface area is 123 Å². The summed E-state index contributed by atoms with van der Waals surface area (Å²) >= 11 is 5.84. The molecule has 0 radical (unpaired) electrons. The molecule has 1 unspecified atom stereocenters. The molecule has 20 heavy (non-hydrogen) atoms. The summed E-state index contributed by atoms with van der Waals surface area (Å²) in [6.07, 6.45) is 0.562. The number of methoxy groups -OCH3 is 1. The fraction of sp³-hybridized carbons (Fsp3) is 0.429. The van der Waals surface area contributed by atoms with Crippen LogP contribution in [0.3, 0.4) is 0 Å². The average molecular weight is 299 g/mol. The van der Waals surface area contributed by atoms with E-state index in [2.05, 4.69) is 10.1 Å². The third kappa shape index (κ3) is 4.51. The Hall–Kier alpha value is -1.59. The number of amides is 1. The molecule has 0 saturated heterocycles. The van der Waals surface area contributed by atoms with Crippen molar-refractivity contribution in [2.75, 3.05) is 12.4 Å². The molecule has 1 aromatic carbocycles. The first kappa shape index (κ1) is 16.5. The number of benzene rings is 1. The summed E-state index contributed by atoms with van der Waals surface area (Å²) in [6, 6.07) is 3.94. The second kappa shape index (κ2) is 7.26. The van der Waals surface area contributed by atoms with E-state index in [0.29, 0.717) is 23.0 Å². The van der Waals surface area contributed by atoms with Crippen LogP contribution in [0.2, 0.25) is 5.02 Å². The number of carbonyl (C=O) groups excluding carboxylic acids is 2. The number of hydrogen-bond acceptors (Lipinski definition) is 4. The van der Waals surface area contributed by atoms with Crippen LogP contribution in [0.25, 0.3) is 0 Å². The molecule has 0 saturated carbocycles. The molecule has 0 fully saturated rings. The summed E-state index contributed by atoms with van der Waals surface area (Å²) in [4.78, 5) is 23.6. The molecule has 0 aliphatic carbocycles. The van der Waals surface area contributed by atoms with Crippen LogP contribution in [0.5, 0.6) is 0 Å². The van der Waals surface area contributed by atoms with Gasteiger partial charge in [-0.25, -0.2) is 4.79 Å². The molecule has 1 rings (SSSR count). The van der Waals surface area contributed by atoms with Crippen molar-refractivity contribution in [1.29, 1.82) is 0 Å². The van der Waals surface area contributed by atoms with Gasteiger partial charge in [0.2, 0.25) is 5.91 Å². The molecular formula is C14H19ClN2O3. The number of hydrogen-bond donors (Lipinski definition) is 2. The van der Waals surface area contributed by atoms with Crippen LogP contribution in [-0.4, -0.2) is 25.0 Å². The van der Waals surface area contributed by atoms with Gasteiger partial charge in [0, 0.05) is 5.02 Å². The summed E-state index contributed by atoms with van der Waals surface area (Å²) in [5.41, 5.74) is 6.34. The molecule has 0 bridgehead atoms. The highest BCUT2D eigenvalue weighted by Crippen LogP contribution is 2.22. The molecule has 6 heteroatoms. The Morgan fingerprint density at radius 2 is 2.05 bits per heavy atom. The van der Waals surface area contributed by atoms with Crippen molar-refractivity contribution in [3.8, 4) is 0 Å². The zero-order valence-electron chi connectivity index (χ0n) is 11.8. The van der Waals surface area contributed by atoms with Crippen LogP contribution < -0.4 is 11.1 Å². The second-order valence-electron chi connectivity index (χ2n) is 4.91. The lowest BCUT2D eigenvalue weighted by molar-refractivity contribution is -0.117. The highest BCUT2D eigenvalue weighted by Gasteiger charge is 2.19. The van der Waals surface area contributed by atoms with Gasteiger partial charge in [-0.2, -0.15) is 0 Å². The summed E-state index contributed by atoms with van der Waals surface area (Å²) in [5.74, 6) is -0.604. The van der Waals surface area contributed by atoms with Gasteiger partial charge in [0.05, 0.1) is 24.4 Å². The van der Waals surface area contributed by atoms with Crippen LogP contribution in [0.15, 0.2) is 18.2 Å². The molecule has 5 nitrogen and oxygen atoms in total. The summed E-state index contributed by atoms with van der Waals surface area (Å²) in [6.45, 7) is 3.96. The maximum Gasteiger partial charge on any atom is 0.340 e. The standard InChI is InChI=1S/C14H19ClN2O3/c1-8(2)6-11(16)13(18)17-12-5-4-9(15)7-10(12)14(19)20-3/h4-5,7-8,11H,6,16H2,1-3H3,(H,17,18). The van der Waals surface area contributed by atoms with Gasteiger partial charge in [-0.3, -0.25) is 4.79 Å². The van der Waals surface area contributed by atoms with Gasteiger partial charge >= 0.3 is 5.97 Å². The minimum absolute atomic E-state index is 0.199. The van der Waals surface area contributed by atoms with E-state index in [-0.39, 0.29) is 11.5 Å². The molecule has 1 aromatic rings. The van der Waals surface area contributed by atoms with Crippen molar-refractivity contribution >= 4 is 29.2 Å². The zero-order valence-corrected chi connectivity index (χ0v) is 12.5. The van der Waals surface area contributed by atoms with E-state index in [1.54, 1.807) is 12.1 Å². The molecule has 0 aliphatic heterocycles. The molecule has 1 atom stereocenters. The molecule has 0 heterocycles. The third-order valence-electron chi connectivity index (χ3n) is 2.71. The number of halogens is 1. The first-order valence-corrected chi connectivity index (χ1v) is 6.67. The second-order valence-corrected chi connectivity index (χ2v) is 5.34. The number of nitrogens with two attached hydrogens (primary N) is 1. The van der Waals surface area contributed by atoms with Crippen LogP contribution in [0, 0.1) is 5.92 Å². The number of esters is 1. The van der Waals surface area contributed by atoms with Gasteiger partial charge in [0.1, 0.15) is 0 Å². The predicted octanol–water partition coefficient (Wildman–Crippen LogP) is 2.44. The Morgan fingerprint density at radius 3 is 2.60 bits per heavy atom. The van der Waals surface area contributed by atoms with Crippen LogP contribution in [0.1, 0.15) is 30.6 Å². The van der Waals surface area contributed by atoms with Gasteiger partial charge in [0.25, 0.3) is 0 Å². The minimum Gasteiger partial charge on any atom is -0.465 e. The van der Waals surface area contributed by atoms with Crippen molar-refractivity contribution in [2.45, 2.75) is 26.3 Å². The Morgan fingerprint density at radius 1 is 1.40 bits per heavy atom. The Kier molecular flexibility index (Phi) is 5.98. The fourth-order valence-electron chi connectivity index (χ4n) is 1.74. The number of nitrogens with one attached hydrogen (secondary N) is 1.